The number of rotatable bonds is 13. The van der Waals surface area contributed by atoms with Gasteiger partial charge in [0.05, 0.1) is 23.2 Å². The van der Waals surface area contributed by atoms with Crippen LogP contribution < -0.4 is 16.0 Å². The summed E-state index contributed by atoms with van der Waals surface area (Å²) < 4.78 is 0. The molecule has 9 heteroatoms. The Balaban J connectivity index is 1.52. The highest BCUT2D eigenvalue weighted by molar-refractivity contribution is 7.99. The van der Waals surface area contributed by atoms with E-state index in [4.69, 9.17) is 0 Å². The first-order valence-corrected chi connectivity index (χ1v) is 16.7. The molecule has 4 N–H and O–H groups in total. The van der Waals surface area contributed by atoms with Gasteiger partial charge >= 0.3 is 0 Å². The molecule has 0 fully saturated rings. The summed E-state index contributed by atoms with van der Waals surface area (Å²) in [4.78, 5) is 45.4. The molecule has 46 heavy (non-hydrogen) atoms. The Morgan fingerprint density at radius 2 is 1.52 bits per heavy atom. The van der Waals surface area contributed by atoms with E-state index in [1.807, 2.05) is 113 Å². The average molecular weight is 641 g/mol. The summed E-state index contributed by atoms with van der Waals surface area (Å²) >= 11 is 1.36. The molecule has 4 aromatic rings. The molecule has 0 bridgehead atoms. The molecule has 3 aromatic carbocycles. The molecule has 4 rings (SSSR count). The molecule has 1 heterocycles. The van der Waals surface area contributed by atoms with E-state index in [0.29, 0.717) is 23.9 Å². The van der Waals surface area contributed by atoms with Gasteiger partial charge in [-0.25, -0.2) is 4.98 Å². The normalized spacial score (nSPS) is 14.1. The number of benzene rings is 3. The van der Waals surface area contributed by atoms with Crippen LogP contribution in [0.5, 0.6) is 0 Å². The standard InChI is InChI=1S/C37H44N4O4S/c1-6-24(2)33(40-35(44)29-21-20-26-16-10-12-18-28(26)38-29)36(45)39-30(22-25-14-8-7-9-15-25)31(42)23-46-32-19-13-11-17-27(32)34(43)41-37(3,4)5/h7-21,24,30-31,33,42H,6,22-23H2,1-5H3,(H,39,45)(H,40,44)(H,41,43)/t24?,30-,31+,33-/m0/s1. The lowest BCUT2D eigenvalue weighted by Gasteiger charge is -2.29. The summed E-state index contributed by atoms with van der Waals surface area (Å²) in [6, 6.07) is 26.5. The lowest BCUT2D eigenvalue weighted by molar-refractivity contribution is -0.125. The Hall–Kier alpha value is -4.21. The SMILES string of the molecule is CCC(C)[C@H](NC(=O)c1ccc2ccccc2n1)C(=O)N[C@@H](Cc1ccccc1)[C@H](O)CSc1ccccc1C(=O)NC(C)(C)C. The molecule has 0 aliphatic carbocycles. The highest BCUT2D eigenvalue weighted by Gasteiger charge is 2.31. The fraction of sp³-hybridized carbons (Fsp3) is 0.351. The maximum Gasteiger partial charge on any atom is 0.270 e. The third-order valence-corrected chi connectivity index (χ3v) is 8.91. The van der Waals surface area contributed by atoms with Crippen molar-refractivity contribution in [2.45, 2.75) is 76.1 Å². The van der Waals surface area contributed by atoms with E-state index in [9.17, 15) is 19.5 Å². The predicted octanol–water partition coefficient (Wildman–Crippen LogP) is 5.79. The van der Waals surface area contributed by atoms with E-state index in [1.165, 1.54) is 11.8 Å². The first-order chi connectivity index (χ1) is 21.9. The van der Waals surface area contributed by atoms with Crippen molar-refractivity contribution < 1.29 is 19.5 Å². The number of para-hydroxylation sites is 1. The zero-order valence-electron chi connectivity index (χ0n) is 27.1. The van der Waals surface area contributed by atoms with Gasteiger partial charge in [0.2, 0.25) is 5.91 Å². The highest BCUT2D eigenvalue weighted by atomic mass is 32.2. The Bertz CT molecular complexity index is 1640. The lowest BCUT2D eigenvalue weighted by atomic mass is 9.96. The van der Waals surface area contributed by atoms with Gasteiger partial charge in [-0.2, -0.15) is 0 Å². The van der Waals surface area contributed by atoms with Crippen LogP contribution >= 0.6 is 11.8 Å². The first kappa shape index (κ1) is 34.7. The predicted molar refractivity (Wildman–Crippen MR) is 185 cm³/mol. The maximum atomic E-state index is 13.9. The van der Waals surface area contributed by atoms with E-state index in [0.717, 1.165) is 15.8 Å². The Kier molecular flexibility index (Phi) is 12.0. The molecule has 0 saturated heterocycles. The van der Waals surface area contributed by atoms with Crippen LogP contribution in [0.25, 0.3) is 10.9 Å². The molecule has 0 aliphatic rings. The van der Waals surface area contributed by atoms with Crippen LogP contribution in [0.4, 0.5) is 0 Å². The lowest BCUT2D eigenvalue weighted by Crippen LogP contribution is -2.55. The number of aliphatic hydroxyl groups excluding tert-OH is 1. The monoisotopic (exact) mass is 640 g/mol. The molecule has 1 unspecified atom stereocenters. The minimum Gasteiger partial charge on any atom is -0.390 e. The number of nitrogens with one attached hydrogen (secondary N) is 3. The van der Waals surface area contributed by atoms with E-state index >= 15 is 0 Å². The number of carbonyl (C=O) groups excluding carboxylic acids is 3. The van der Waals surface area contributed by atoms with Crippen LogP contribution in [0.2, 0.25) is 0 Å². The molecule has 0 spiro atoms. The van der Waals surface area contributed by atoms with Crippen molar-refractivity contribution in [3.05, 3.63) is 108 Å². The van der Waals surface area contributed by atoms with Gasteiger partial charge in [-0.05, 0) is 62.9 Å². The summed E-state index contributed by atoms with van der Waals surface area (Å²) in [6.07, 6.45) is 0.0790. The van der Waals surface area contributed by atoms with E-state index in [1.54, 1.807) is 12.1 Å². The molecule has 0 aliphatic heterocycles. The topological polar surface area (TPSA) is 120 Å². The first-order valence-electron chi connectivity index (χ1n) is 15.7. The summed E-state index contributed by atoms with van der Waals surface area (Å²) in [6.45, 7) is 9.65. The largest absolute Gasteiger partial charge is 0.390 e. The molecule has 242 valence electrons. The van der Waals surface area contributed by atoms with Crippen molar-refractivity contribution in [1.29, 1.82) is 0 Å². The van der Waals surface area contributed by atoms with Crippen LogP contribution in [0.3, 0.4) is 0 Å². The number of fused-ring (bicyclic) bond motifs is 1. The molecular weight excluding hydrogens is 596 g/mol. The van der Waals surface area contributed by atoms with Gasteiger partial charge in [0.25, 0.3) is 11.8 Å². The molecule has 0 saturated carbocycles. The van der Waals surface area contributed by atoms with Crippen LogP contribution in [-0.4, -0.2) is 57.3 Å². The van der Waals surface area contributed by atoms with Crippen LogP contribution in [0.1, 0.15) is 67.4 Å². The number of nitrogens with zero attached hydrogens (tertiary/aromatic N) is 1. The van der Waals surface area contributed by atoms with E-state index < -0.39 is 29.6 Å². The molecular formula is C37H44N4O4S. The third kappa shape index (κ3) is 9.64. The Labute approximate surface area is 275 Å². The zero-order valence-corrected chi connectivity index (χ0v) is 27.9. The number of thioether (sulfide) groups is 1. The number of amides is 3. The molecule has 8 nitrogen and oxygen atoms in total. The van der Waals surface area contributed by atoms with Crippen LogP contribution in [-0.2, 0) is 11.2 Å². The fourth-order valence-corrected chi connectivity index (χ4v) is 6.09. The number of carbonyl (C=O) groups is 3. The maximum absolute atomic E-state index is 13.9. The second kappa shape index (κ2) is 15.9. The second-order valence-corrected chi connectivity index (χ2v) is 13.7. The van der Waals surface area contributed by atoms with Crippen molar-refractivity contribution in [3.8, 4) is 0 Å². The van der Waals surface area contributed by atoms with Gasteiger partial charge in [0, 0.05) is 21.6 Å². The average Bonchev–Trinajstić information content (AvgIpc) is 3.04. The Morgan fingerprint density at radius 3 is 2.24 bits per heavy atom. The van der Waals surface area contributed by atoms with Crippen molar-refractivity contribution in [2.24, 2.45) is 5.92 Å². The van der Waals surface area contributed by atoms with Crippen LogP contribution in [0, 0.1) is 5.92 Å². The smallest absolute Gasteiger partial charge is 0.270 e. The number of pyridine rings is 1. The van der Waals surface area contributed by atoms with Crippen molar-refractivity contribution >= 4 is 40.4 Å². The van der Waals surface area contributed by atoms with Gasteiger partial charge in [-0.15, -0.1) is 11.8 Å². The minimum absolute atomic E-state index is 0.179. The minimum atomic E-state index is -0.955. The van der Waals surface area contributed by atoms with Crippen molar-refractivity contribution in [3.63, 3.8) is 0 Å². The van der Waals surface area contributed by atoms with E-state index in [2.05, 4.69) is 20.9 Å². The van der Waals surface area contributed by atoms with Gasteiger partial charge in [-0.3, -0.25) is 14.4 Å². The van der Waals surface area contributed by atoms with Gasteiger partial charge in [0.1, 0.15) is 11.7 Å². The summed E-state index contributed by atoms with van der Waals surface area (Å²) in [5.41, 5.74) is 2.00. The number of aliphatic hydroxyl groups is 1. The number of hydrogen-bond donors (Lipinski definition) is 4. The Morgan fingerprint density at radius 1 is 0.848 bits per heavy atom. The molecule has 1 aromatic heterocycles. The quantitative estimate of drug-likeness (QED) is 0.137. The van der Waals surface area contributed by atoms with E-state index in [-0.39, 0.29) is 29.2 Å². The van der Waals surface area contributed by atoms with Gasteiger partial charge in [-0.1, -0.05) is 87.0 Å². The van der Waals surface area contributed by atoms with Crippen molar-refractivity contribution in [1.82, 2.24) is 20.9 Å². The fourth-order valence-electron chi connectivity index (χ4n) is 5.01. The second-order valence-electron chi connectivity index (χ2n) is 12.6. The number of aromatic nitrogens is 1. The molecule has 3 amide bonds. The molecule has 4 atom stereocenters. The number of hydrogen-bond acceptors (Lipinski definition) is 6. The summed E-state index contributed by atoms with van der Waals surface area (Å²) in [7, 11) is 0. The molecule has 0 radical (unpaired) electrons. The summed E-state index contributed by atoms with van der Waals surface area (Å²) in [5, 5.41) is 21.4. The summed E-state index contributed by atoms with van der Waals surface area (Å²) in [5.74, 6) is -0.946. The van der Waals surface area contributed by atoms with Crippen LogP contribution in [0.15, 0.2) is 95.9 Å². The highest BCUT2D eigenvalue weighted by Crippen LogP contribution is 2.25. The third-order valence-electron chi connectivity index (χ3n) is 7.73. The zero-order chi connectivity index (χ0) is 33.3. The van der Waals surface area contributed by atoms with Crippen molar-refractivity contribution in [2.75, 3.05) is 5.75 Å². The van der Waals surface area contributed by atoms with Gasteiger partial charge in [0.15, 0.2) is 0 Å². The van der Waals surface area contributed by atoms with Gasteiger partial charge < -0.3 is 21.1 Å².